The van der Waals surface area contributed by atoms with Gasteiger partial charge in [-0.2, -0.15) is 0 Å². The number of ether oxygens (including phenoxy) is 1. The zero-order valence-electron chi connectivity index (χ0n) is 10.2. The second-order valence-electron chi connectivity index (χ2n) is 4.94. The van der Waals surface area contributed by atoms with Crippen molar-refractivity contribution in [2.24, 2.45) is 5.41 Å². The van der Waals surface area contributed by atoms with E-state index in [4.69, 9.17) is 4.74 Å². The summed E-state index contributed by atoms with van der Waals surface area (Å²) in [6.45, 7) is 9.47. The molecule has 1 N–H and O–H groups in total. The van der Waals surface area contributed by atoms with E-state index in [1.54, 1.807) is 13.3 Å². The monoisotopic (exact) mass is 208 g/mol. The Kier molecular flexibility index (Phi) is 3.56. The van der Waals surface area contributed by atoms with Gasteiger partial charge in [0.2, 0.25) is 0 Å². The summed E-state index contributed by atoms with van der Waals surface area (Å²) >= 11 is 0. The fraction of sp³-hybridized carbons (Fsp3) is 0.583. The van der Waals surface area contributed by atoms with Crippen LogP contribution in [0.3, 0.4) is 0 Å². The van der Waals surface area contributed by atoms with Gasteiger partial charge in [0.05, 0.1) is 19.0 Å². The van der Waals surface area contributed by atoms with E-state index in [0.717, 1.165) is 23.7 Å². The van der Waals surface area contributed by atoms with Gasteiger partial charge in [-0.3, -0.25) is 4.98 Å². The number of aryl methyl sites for hydroxylation is 1. The Hall–Kier alpha value is -1.25. The average Bonchev–Trinajstić information content (AvgIpc) is 2.14. The van der Waals surface area contributed by atoms with Crippen molar-refractivity contribution in [3.63, 3.8) is 0 Å². The summed E-state index contributed by atoms with van der Waals surface area (Å²) in [5.41, 5.74) is 2.26. The molecule has 1 rings (SSSR count). The molecule has 0 aliphatic rings. The smallest absolute Gasteiger partial charge is 0.160 e. The lowest BCUT2D eigenvalue weighted by Crippen LogP contribution is -2.19. The summed E-state index contributed by atoms with van der Waals surface area (Å²) in [6, 6.07) is 2.00. The van der Waals surface area contributed by atoms with Crippen molar-refractivity contribution < 1.29 is 4.74 Å². The Morgan fingerprint density at radius 1 is 1.40 bits per heavy atom. The maximum Gasteiger partial charge on any atom is 0.160 e. The number of nitrogens with one attached hydrogen (secondary N) is 1. The van der Waals surface area contributed by atoms with E-state index in [1.807, 2.05) is 13.0 Å². The molecular weight excluding hydrogens is 188 g/mol. The van der Waals surface area contributed by atoms with Gasteiger partial charge in [-0.05, 0) is 18.4 Å². The van der Waals surface area contributed by atoms with E-state index >= 15 is 0 Å². The van der Waals surface area contributed by atoms with Crippen LogP contribution >= 0.6 is 0 Å². The third-order valence-electron chi connectivity index (χ3n) is 2.03. The minimum Gasteiger partial charge on any atom is -0.493 e. The number of nitrogens with zero attached hydrogens (tertiary/aromatic N) is 1. The number of hydrogen-bond donors (Lipinski definition) is 1. The molecule has 0 saturated heterocycles. The number of aromatic nitrogens is 1. The Morgan fingerprint density at radius 2 is 2.07 bits per heavy atom. The van der Waals surface area contributed by atoms with Crippen LogP contribution in [-0.2, 0) is 0 Å². The highest BCUT2D eigenvalue weighted by Crippen LogP contribution is 2.25. The Morgan fingerprint density at radius 3 is 2.60 bits per heavy atom. The van der Waals surface area contributed by atoms with Crippen molar-refractivity contribution in [2.45, 2.75) is 27.7 Å². The van der Waals surface area contributed by atoms with Crippen molar-refractivity contribution in [3.8, 4) is 5.75 Å². The molecule has 1 aromatic rings. The first-order valence-corrected chi connectivity index (χ1v) is 5.17. The van der Waals surface area contributed by atoms with E-state index in [0.29, 0.717) is 0 Å². The second-order valence-corrected chi connectivity index (χ2v) is 4.94. The molecule has 0 unspecified atom stereocenters. The van der Waals surface area contributed by atoms with Crippen LogP contribution in [0.2, 0.25) is 0 Å². The summed E-state index contributed by atoms with van der Waals surface area (Å²) in [5.74, 6) is 0.796. The Balaban J connectivity index is 2.79. The molecule has 0 atom stereocenters. The van der Waals surface area contributed by atoms with Gasteiger partial charge in [0.25, 0.3) is 0 Å². The number of rotatable bonds is 3. The summed E-state index contributed by atoms with van der Waals surface area (Å²) in [6.07, 6.45) is 1.75. The van der Waals surface area contributed by atoms with Gasteiger partial charge in [-0.25, -0.2) is 0 Å². The average molecular weight is 208 g/mol. The molecule has 0 bridgehead atoms. The zero-order valence-corrected chi connectivity index (χ0v) is 10.2. The molecule has 15 heavy (non-hydrogen) atoms. The van der Waals surface area contributed by atoms with Crippen molar-refractivity contribution in [2.75, 3.05) is 19.0 Å². The van der Waals surface area contributed by atoms with Crippen molar-refractivity contribution in [1.29, 1.82) is 0 Å². The number of anilines is 1. The minimum absolute atomic E-state index is 0.252. The molecular formula is C12H20N2O. The predicted octanol–water partition coefficient (Wildman–Crippen LogP) is 2.86. The predicted molar refractivity (Wildman–Crippen MR) is 63.5 cm³/mol. The zero-order chi connectivity index (χ0) is 11.5. The van der Waals surface area contributed by atoms with Crippen LogP contribution in [0.5, 0.6) is 5.75 Å². The van der Waals surface area contributed by atoms with Gasteiger partial charge in [0.1, 0.15) is 0 Å². The van der Waals surface area contributed by atoms with E-state index in [9.17, 15) is 0 Å². The van der Waals surface area contributed by atoms with Crippen LogP contribution in [0.4, 0.5) is 5.69 Å². The van der Waals surface area contributed by atoms with Crippen molar-refractivity contribution >= 4 is 5.69 Å². The molecule has 84 valence electrons. The van der Waals surface area contributed by atoms with Crippen LogP contribution in [0.15, 0.2) is 12.3 Å². The molecule has 3 nitrogen and oxygen atoms in total. The normalized spacial score (nSPS) is 11.3. The first-order chi connectivity index (χ1) is 6.92. The van der Waals surface area contributed by atoms with Crippen LogP contribution in [0.25, 0.3) is 0 Å². The molecule has 0 aliphatic carbocycles. The summed E-state index contributed by atoms with van der Waals surface area (Å²) < 4.78 is 5.24. The van der Waals surface area contributed by atoms with Gasteiger partial charge < -0.3 is 10.1 Å². The van der Waals surface area contributed by atoms with Crippen LogP contribution < -0.4 is 10.1 Å². The summed E-state index contributed by atoms with van der Waals surface area (Å²) in [4.78, 5) is 4.19. The van der Waals surface area contributed by atoms with Crippen molar-refractivity contribution in [1.82, 2.24) is 4.98 Å². The van der Waals surface area contributed by atoms with Crippen LogP contribution in [0.1, 0.15) is 26.5 Å². The highest BCUT2D eigenvalue weighted by atomic mass is 16.5. The van der Waals surface area contributed by atoms with E-state index in [-0.39, 0.29) is 5.41 Å². The molecule has 0 saturated carbocycles. The maximum absolute atomic E-state index is 5.24. The van der Waals surface area contributed by atoms with Gasteiger partial charge >= 0.3 is 0 Å². The Bertz CT molecular complexity index is 329. The highest BCUT2D eigenvalue weighted by Gasteiger charge is 2.11. The molecule has 3 heteroatoms. The first-order valence-electron chi connectivity index (χ1n) is 5.17. The first kappa shape index (κ1) is 11.8. The lowest BCUT2D eigenvalue weighted by molar-refractivity contribution is 0.410. The van der Waals surface area contributed by atoms with E-state index in [1.165, 1.54) is 0 Å². The third kappa shape index (κ3) is 3.78. The lowest BCUT2D eigenvalue weighted by atomic mass is 9.97. The molecule has 0 fully saturated rings. The fourth-order valence-corrected chi connectivity index (χ4v) is 1.21. The number of methoxy groups -OCH3 is 1. The van der Waals surface area contributed by atoms with Crippen molar-refractivity contribution in [3.05, 3.63) is 18.0 Å². The molecule has 0 aromatic carbocycles. The van der Waals surface area contributed by atoms with Crippen LogP contribution in [0, 0.1) is 12.3 Å². The van der Waals surface area contributed by atoms with Gasteiger partial charge in [-0.1, -0.05) is 20.8 Å². The Labute approximate surface area is 91.9 Å². The largest absolute Gasteiger partial charge is 0.493 e. The molecule has 1 heterocycles. The minimum atomic E-state index is 0.252. The van der Waals surface area contributed by atoms with E-state index in [2.05, 4.69) is 31.1 Å². The molecule has 0 spiro atoms. The summed E-state index contributed by atoms with van der Waals surface area (Å²) in [5, 5.41) is 3.38. The van der Waals surface area contributed by atoms with E-state index < -0.39 is 0 Å². The third-order valence-corrected chi connectivity index (χ3v) is 2.03. The van der Waals surface area contributed by atoms with Gasteiger partial charge in [0.15, 0.2) is 5.75 Å². The molecule has 0 aliphatic heterocycles. The highest BCUT2D eigenvalue weighted by molar-refractivity contribution is 5.55. The fourth-order valence-electron chi connectivity index (χ4n) is 1.21. The van der Waals surface area contributed by atoms with Gasteiger partial charge in [-0.15, -0.1) is 0 Å². The number of hydrogen-bond acceptors (Lipinski definition) is 3. The number of pyridine rings is 1. The second kappa shape index (κ2) is 4.51. The molecule has 0 radical (unpaired) electrons. The molecule has 0 amide bonds. The quantitative estimate of drug-likeness (QED) is 0.829. The summed E-state index contributed by atoms with van der Waals surface area (Å²) in [7, 11) is 1.66. The van der Waals surface area contributed by atoms with Crippen LogP contribution in [-0.4, -0.2) is 18.6 Å². The SMILES string of the molecule is COc1cnc(C)cc1NCC(C)(C)C. The molecule has 1 aromatic heterocycles. The standard InChI is InChI=1S/C12H20N2O/c1-9-6-10(11(15-5)7-13-9)14-8-12(2,3)4/h6-7H,8H2,1-5H3,(H,13,14). The topological polar surface area (TPSA) is 34.1 Å². The maximum atomic E-state index is 5.24. The lowest BCUT2D eigenvalue weighted by Gasteiger charge is -2.20. The van der Waals surface area contributed by atoms with Gasteiger partial charge in [0, 0.05) is 12.2 Å².